The molecule has 0 bridgehead atoms. The Morgan fingerprint density at radius 3 is 2.22 bits per heavy atom. The molecule has 1 fully saturated rings. The Hall–Kier alpha value is -3.02. The molecule has 1 saturated heterocycles. The number of nitrogens with zero attached hydrogens (tertiary/aromatic N) is 3. The van der Waals surface area contributed by atoms with Crippen LogP contribution in [0, 0.1) is 5.92 Å². The second kappa shape index (κ2) is 14.7. The van der Waals surface area contributed by atoms with E-state index in [9.17, 15) is 9.50 Å². The van der Waals surface area contributed by atoms with Gasteiger partial charge in [0.05, 0.1) is 0 Å². The van der Waals surface area contributed by atoms with Crippen LogP contribution in [0.3, 0.4) is 0 Å². The fourth-order valence-corrected chi connectivity index (χ4v) is 4.95. The standard InChI is InChI=1S/C31H42BN3O2/c1-24(2)16-21-35(28-14-12-27(13-15-28)11-10-26-8-6-5-7-9-26)29-17-19-34(20-18-29)31(36)30(22-25(3)4)33-23-32-37/h5-9,12-16,23,25,29-30H,10-11,17-22H2,1-4H3. The van der Waals surface area contributed by atoms with Crippen molar-refractivity contribution in [1.82, 2.24) is 4.90 Å². The molecule has 1 atom stereocenters. The van der Waals surface area contributed by atoms with Gasteiger partial charge in [-0.25, -0.2) is 0 Å². The Kier molecular flexibility index (Phi) is 11.3. The van der Waals surface area contributed by atoms with Crippen molar-refractivity contribution in [3.63, 3.8) is 0 Å². The molecule has 5 nitrogen and oxygen atoms in total. The molecule has 1 heterocycles. The maximum atomic E-state index is 13.2. The minimum absolute atomic E-state index is 0.0452. The van der Waals surface area contributed by atoms with Crippen molar-refractivity contribution < 1.29 is 9.50 Å². The predicted octanol–water partition coefficient (Wildman–Crippen LogP) is 5.73. The van der Waals surface area contributed by atoms with E-state index in [1.165, 1.54) is 28.5 Å². The normalized spacial score (nSPS) is 15.0. The first-order valence-electron chi connectivity index (χ1n) is 13.7. The number of amides is 1. The number of carbonyl (C=O) groups excluding carboxylic acids is 1. The van der Waals surface area contributed by atoms with Crippen molar-refractivity contribution in [2.45, 2.75) is 71.9 Å². The van der Waals surface area contributed by atoms with E-state index in [0.717, 1.165) is 45.3 Å². The second-order valence-electron chi connectivity index (χ2n) is 10.7. The molecule has 2 aromatic carbocycles. The van der Waals surface area contributed by atoms with E-state index in [2.05, 4.69) is 98.3 Å². The van der Waals surface area contributed by atoms with E-state index in [-0.39, 0.29) is 5.91 Å². The number of aliphatic imine (C=N–C) groups is 1. The van der Waals surface area contributed by atoms with Crippen LogP contribution in [-0.2, 0) is 22.3 Å². The molecule has 0 spiro atoms. The van der Waals surface area contributed by atoms with Crippen LogP contribution in [0.1, 0.15) is 58.1 Å². The van der Waals surface area contributed by atoms with Gasteiger partial charge in [0.15, 0.2) is 0 Å². The summed E-state index contributed by atoms with van der Waals surface area (Å²) in [7, 11) is 0.654. The molecule has 0 radical (unpaired) electrons. The zero-order valence-electron chi connectivity index (χ0n) is 23.0. The number of hydrogen-bond donors (Lipinski definition) is 0. The molecule has 1 amide bonds. The number of hydrogen-bond acceptors (Lipinski definition) is 4. The van der Waals surface area contributed by atoms with Crippen LogP contribution in [0.2, 0.25) is 0 Å². The number of piperidine rings is 1. The third kappa shape index (κ3) is 9.10. The van der Waals surface area contributed by atoms with Gasteiger partial charge in [0.2, 0.25) is 0 Å². The van der Waals surface area contributed by atoms with E-state index in [1.807, 2.05) is 4.90 Å². The van der Waals surface area contributed by atoms with Crippen LogP contribution in [-0.4, -0.2) is 55.8 Å². The van der Waals surface area contributed by atoms with Gasteiger partial charge in [0, 0.05) is 0 Å². The zero-order valence-corrected chi connectivity index (χ0v) is 23.0. The van der Waals surface area contributed by atoms with Crippen molar-refractivity contribution in [1.29, 1.82) is 0 Å². The van der Waals surface area contributed by atoms with Gasteiger partial charge in [-0.1, -0.05) is 30.3 Å². The van der Waals surface area contributed by atoms with E-state index in [4.69, 9.17) is 0 Å². The summed E-state index contributed by atoms with van der Waals surface area (Å²) in [6.07, 6.45) is 8.09. The van der Waals surface area contributed by atoms with E-state index < -0.39 is 6.04 Å². The van der Waals surface area contributed by atoms with Crippen LogP contribution in [0.4, 0.5) is 5.69 Å². The molecule has 0 N–H and O–H groups in total. The fraction of sp³-hybridized carbons (Fsp3) is 0.484. The van der Waals surface area contributed by atoms with Crippen LogP contribution < -0.4 is 4.90 Å². The minimum atomic E-state index is -0.466. The number of rotatable bonds is 12. The molecule has 196 valence electrons. The van der Waals surface area contributed by atoms with Gasteiger partial charge in [-0.2, -0.15) is 0 Å². The Balaban J connectivity index is 1.65. The van der Waals surface area contributed by atoms with E-state index >= 15 is 0 Å². The molecule has 37 heavy (non-hydrogen) atoms. The van der Waals surface area contributed by atoms with Gasteiger partial charge in [0.25, 0.3) is 0 Å². The molecule has 1 aliphatic rings. The maximum absolute atomic E-state index is 13.2. The average molecular weight is 500 g/mol. The zero-order chi connectivity index (χ0) is 26.6. The number of anilines is 1. The summed E-state index contributed by atoms with van der Waals surface area (Å²) in [5, 5.41) is 0. The number of likely N-dealkylation sites (tertiary alicyclic amines) is 1. The predicted molar refractivity (Wildman–Crippen MR) is 155 cm³/mol. The molecular weight excluding hydrogens is 457 g/mol. The summed E-state index contributed by atoms with van der Waals surface area (Å²) in [5.74, 6) is 0.384. The van der Waals surface area contributed by atoms with Gasteiger partial charge in [-0.15, -0.1) is 0 Å². The van der Waals surface area contributed by atoms with Gasteiger partial charge in [0.1, 0.15) is 0 Å². The van der Waals surface area contributed by atoms with Gasteiger partial charge < -0.3 is 0 Å². The first kappa shape index (κ1) is 28.6. The molecule has 6 heteroatoms. The van der Waals surface area contributed by atoms with Crippen LogP contribution in [0.15, 0.2) is 71.2 Å². The SMILES string of the molecule is CC(C)=CCN(c1ccc(CCc2ccccc2)cc1)C1CCN(C(=O)C(CC(C)C)N=CB=O)CC1. The Bertz CT molecular complexity index is 1040. The van der Waals surface area contributed by atoms with E-state index in [1.54, 1.807) is 0 Å². The van der Waals surface area contributed by atoms with Crippen LogP contribution in [0.5, 0.6) is 0 Å². The summed E-state index contributed by atoms with van der Waals surface area (Å²) in [4.78, 5) is 21.9. The molecule has 1 aliphatic heterocycles. The van der Waals surface area contributed by atoms with Crippen LogP contribution >= 0.6 is 0 Å². The van der Waals surface area contributed by atoms with Crippen molar-refractivity contribution >= 4 is 24.9 Å². The number of benzene rings is 2. The Labute approximate surface area is 223 Å². The summed E-state index contributed by atoms with van der Waals surface area (Å²) >= 11 is 0. The number of carbonyl (C=O) groups is 1. The molecule has 0 aliphatic carbocycles. The van der Waals surface area contributed by atoms with Crippen molar-refractivity contribution in [2.75, 3.05) is 24.5 Å². The average Bonchev–Trinajstić information content (AvgIpc) is 2.91. The molecular formula is C31H42BN3O2. The monoisotopic (exact) mass is 499 g/mol. The first-order valence-corrected chi connectivity index (χ1v) is 13.7. The molecule has 1 unspecified atom stereocenters. The third-order valence-electron chi connectivity index (χ3n) is 7.03. The molecule has 2 aromatic rings. The summed E-state index contributed by atoms with van der Waals surface area (Å²) < 4.78 is 10.8. The Morgan fingerprint density at radius 2 is 1.65 bits per heavy atom. The second-order valence-corrected chi connectivity index (χ2v) is 10.7. The molecule has 0 saturated carbocycles. The van der Waals surface area contributed by atoms with Crippen molar-refractivity contribution in [3.8, 4) is 0 Å². The van der Waals surface area contributed by atoms with Crippen LogP contribution in [0.25, 0.3) is 0 Å². The summed E-state index contributed by atoms with van der Waals surface area (Å²) in [6, 6.07) is 19.6. The van der Waals surface area contributed by atoms with Gasteiger partial charge >= 0.3 is 156 Å². The Morgan fingerprint density at radius 1 is 1.03 bits per heavy atom. The molecule has 3 rings (SSSR count). The van der Waals surface area contributed by atoms with Crippen molar-refractivity contribution in [2.24, 2.45) is 10.9 Å². The number of aryl methyl sites for hydroxylation is 2. The topological polar surface area (TPSA) is 53.0 Å². The van der Waals surface area contributed by atoms with Gasteiger partial charge in [-0.3, -0.25) is 0 Å². The van der Waals surface area contributed by atoms with E-state index in [0.29, 0.717) is 25.5 Å². The first-order chi connectivity index (χ1) is 17.9. The number of allylic oxidation sites excluding steroid dienone is 1. The fourth-order valence-electron chi connectivity index (χ4n) is 4.95. The summed E-state index contributed by atoms with van der Waals surface area (Å²) in [5.41, 5.74) is 5.26. The van der Waals surface area contributed by atoms with Crippen molar-refractivity contribution in [3.05, 3.63) is 77.4 Å². The van der Waals surface area contributed by atoms with Gasteiger partial charge in [-0.05, 0) is 37.8 Å². The quantitative estimate of drug-likeness (QED) is 0.213. The molecule has 0 aromatic heterocycles. The summed E-state index contributed by atoms with van der Waals surface area (Å²) in [6.45, 7) is 10.7. The third-order valence-corrected chi connectivity index (χ3v) is 7.03.